The summed E-state index contributed by atoms with van der Waals surface area (Å²) < 4.78 is 15.9. The molecule has 0 aliphatic rings. The molecule has 0 aromatic heterocycles. The number of rotatable bonds is 17. The van der Waals surface area contributed by atoms with Gasteiger partial charge in [-0.1, -0.05) is 12.1 Å². The van der Waals surface area contributed by atoms with E-state index in [9.17, 15) is 14.4 Å². The maximum absolute atomic E-state index is 12.8. The van der Waals surface area contributed by atoms with Crippen molar-refractivity contribution in [2.75, 3.05) is 26.4 Å². The van der Waals surface area contributed by atoms with Crippen molar-refractivity contribution in [1.29, 1.82) is 0 Å². The molecule has 1 rings (SSSR count). The van der Waals surface area contributed by atoms with Gasteiger partial charge in [-0.2, -0.15) is 0 Å². The summed E-state index contributed by atoms with van der Waals surface area (Å²) in [4.78, 5) is 36.0. The van der Waals surface area contributed by atoms with Gasteiger partial charge in [0.2, 0.25) is 24.2 Å². The molecule has 0 saturated carbocycles. The summed E-state index contributed by atoms with van der Waals surface area (Å²) in [7, 11) is 0. The Kier molecular flexibility index (Phi) is 13.7. The van der Waals surface area contributed by atoms with Crippen LogP contribution in [0.15, 0.2) is 24.3 Å². The minimum Gasteiger partial charge on any atom is -0.478 e. The van der Waals surface area contributed by atoms with Gasteiger partial charge in [-0.25, -0.2) is 4.79 Å². The number of carboxylic acids is 1. The van der Waals surface area contributed by atoms with Gasteiger partial charge in [-0.05, 0) is 38.0 Å². The van der Waals surface area contributed by atoms with Gasteiger partial charge in [0, 0.05) is 32.7 Å². The van der Waals surface area contributed by atoms with E-state index in [0.29, 0.717) is 18.8 Å². The van der Waals surface area contributed by atoms with Crippen molar-refractivity contribution in [2.24, 2.45) is 0 Å². The third kappa shape index (κ3) is 10.9. The lowest BCUT2D eigenvalue weighted by Gasteiger charge is -2.22. The molecule has 2 amide bonds. The number of hydrogen-bond donors (Lipinski definition) is 6. The van der Waals surface area contributed by atoms with E-state index < -0.39 is 42.5 Å². The molecule has 0 aliphatic carbocycles. The number of carbonyl (C=O) groups is 3. The Balaban J connectivity index is 2.88. The smallest absolute Gasteiger partial charge is 0.350 e. The number of carbonyl (C=O) groups excluding carboxylic acids is 2. The molecule has 0 fully saturated rings. The molecular formula is C22H34N2O10. The second-order valence-corrected chi connectivity index (χ2v) is 7.17. The molecule has 0 heterocycles. The molecule has 12 nitrogen and oxygen atoms in total. The fourth-order valence-corrected chi connectivity index (χ4v) is 2.89. The second-order valence-electron chi connectivity index (χ2n) is 7.17. The standard InChI is InChI=1S/C22H34N2O10/c1-3-32-18(33-4-2)13-23-20(27)16(24-17(26)6-5-11-25)12-14-7-9-15(10-8-14)34-19(21(28)29)22(30)31/h7-10,16,18-19,21,25,28-29H,3-6,11-13H2,1-2H3,(H,23,27)(H,24,26)(H,30,31). The molecule has 0 radical (unpaired) electrons. The topological polar surface area (TPSA) is 184 Å². The van der Waals surface area contributed by atoms with Crippen LogP contribution >= 0.6 is 0 Å². The molecule has 1 aromatic carbocycles. The molecule has 0 aliphatic heterocycles. The molecule has 2 unspecified atom stereocenters. The maximum atomic E-state index is 12.8. The zero-order valence-electron chi connectivity index (χ0n) is 19.3. The van der Waals surface area contributed by atoms with E-state index >= 15 is 0 Å². The van der Waals surface area contributed by atoms with E-state index in [4.69, 9.17) is 34.6 Å². The number of aliphatic carboxylic acids is 1. The number of ether oxygens (including phenoxy) is 3. The Labute approximate surface area is 197 Å². The van der Waals surface area contributed by atoms with Gasteiger partial charge in [0.15, 0.2) is 6.29 Å². The summed E-state index contributed by atoms with van der Waals surface area (Å²) >= 11 is 0. The van der Waals surface area contributed by atoms with Crippen molar-refractivity contribution in [3.8, 4) is 5.75 Å². The molecule has 2 atom stereocenters. The van der Waals surface area contributed by atoms with Crippen molar-refractivity contribution < 1.29 is 49.0 Å². The Morgan fingerprint density at radius 2 is 1.65 bits per heavy atom. The minimum atomic E-state index is -2.21. The van der Waals surface area contributed by atoms with Crippen molar-refractivity contribution in [3.05, 3.63) is 29.8 Å². The first kappa shape index (κ1) is 29.3. The minimum absolute atomic E-state index is 0.0492. The molecule has 12 heteroatoms. The third-order valence-corrected chi connectivity index (χ3v) is 4.50. The zero-order chi connectivity index (χ0) is 25.5. The van der Waals surface area contributed by atoms with Crippen molar-refractivity contribution in [1.82, 2.24) is 10.6 Å². The van der Waals surface area contributed by atoms with E-state index in [1.165, 1.54) is 12.1 Å². The Morgan fingerprint density at radius 3 is 2.15 bits per heavy atom. The summed E-state index contributed by atoms with van der Waals surface area (Å²) in [5, 5.41) is 41.5. The van der Waals surface area contributed by atoms with Crippen LogP contribution in [-0.4, -0.2) is 89.3 Å². The lowest BCUT2D eigenvalue weighted by atomic mass is 10.0. The van der Waals surface area contributed by atoms with Crippen molar-refractivity contribution in [3.63, 3.8) is 0 Å². The molecule has 34 heavy (non-hydrogen) atoms. The van der Waals surface area contributed by atoms with Crippen LogP contribution in [-0.2, 0) is 30.3 Å². The highest BCUT2D eigenvalue weighted by molar-refractivity contribution is 5.87. The lowest BCUT2D eigenvalue weighted by molar-refractivity contribution is -0.167. The predicted molar refractivity (Wildman–Crippen MR) is 119 cm³/mol. The van der Waals surface area contributed by atoms with Crippen LogP contribution in [0.4, 0.5) is 0 Å². The van der Waals surface area contributed by atoms with Crippen LogP contribution in [0.3, 0.4) is 0 Å². The molecular weight excluding hydrogens is 452 g/mol. The van der Waals surface area contributed by atoms with E-state index in [1.807, 2.05) is 0 Å². The number of amides is 2. The zero-order valence-corrected chi connectivity index (χ0v) is 19.3. The Morgan fingerprint density at radius 1 is 1.03 bits per heavy atom. The fourth-order valence-electron chi connectivity index (χ4n) is 2.89. The van der Waals surface area contributed by atoms with E-state index in [0.717, 1.165) is 0 Å². The summed E-state index contributed by atoms with van der Waals surface area (Å²) in [6.07, 6.45) is -4.30. The molecule has 1 aromatic rings. The first-order valence-corrected chi connectivity index (χ1v) is 11.0. The van der Waals surface area contributed by atoms with Gasteiger partial charge in [0.1, 0.15) is 11.8 Å². The normalized spacial score (nSPS) is 12.9. The molecule has 0 bridgehead atoms. The average molecular weight is 487 g/mol. The molecule has 6 N–H and O–H groups in total. The number of aliphatic hydroxyl groups excluding tert-OH is 2. The number of carboxylic acid groups (broad SMARTS) is 1. The van der Waals surface area contributed by atoms with Gasteiger partial charge in [0.05, 0.1) is 6.54 Å². The van der Waals surface area contributed by atoms with Gasteiger partial charge >= 0.3 is 5.97 Å². The second kappa shape index (κ2) is 16.0. The monoisotopic (exact) mass is 486 g/mol. The third-order valence-electron chi connectivity index (χ3n) is 4.50. The number of nitrogens with one attached hydrogen (secondary N) is 2. The Bertz CT molecular complexity index is 751. The highest BCUT2D eigenvalue weighted by Crippen LogP contribution is 2.16. The average Bonchev–Trinajstić information content (AvgIpc) is 2.79. The first-order valence-electron chi connectivity index (χ1n) is 11.0. The highest BCUT2D eigenvalue weighted by Gasteiger charge is 2.27. The number of benzene rings is 1. The highest BCUT2D eigenvalue weighted by atomic mass is 16.7. The first-order chi connectivity index (χ1) is 16.2. The summed E-state index contributed by atoms with van der Waals surface area (Å²) in [6.45, 7) is 4.31. The van der Waals surface area contributed by atoms with Crippen LogP contribution in [0.2, 0.25) is 0 Å². The number of hydrogen-bond acceptors (Lipinski definition) is 9. The van der Waals surface area contributed by atoms with Gasteiger partial charge in [0.25, 0.3) is 0 Å². The lowest BCUT2D eigenvalue weighted by Crippen LogP contribution is -2.50. The fraction of sp³-hybridized carbons (Fsp3) is 0.591. The van der Waals surface area contributed by atoms with Crippen LogP contribution in [0.25, 0.3) is 0 Å². The predicted octanol–water partition coefficient (Wildman–Crippen LogP) is -0.856. The molecule has 0 saturated heterocycles. The van der Waals surface area contributed by atoms with E-state index in [1.54, 1.807) is 26.0 Å². The van der Waals surface area contributed by atoms with Gasteiger partial charge in [-0.3, -0.25) is 9.59 Å². The molecule has 192 valence electrons. The summed E-state index contributed by atoms with van der Waals surface area (Å²) in [6, 6.07) is 5.00. The van der Waals surface area contributed by atoms with Crippen LogP contribution in [0.1, 0.15) is 32.3 Å². The summed E-state index contributed by atoms with van der Waals surface area (Å²) in [5.74, 6) is -2.33. The SMILES string of the molecule is CCOC(CNC(=O)C(Cc1ccc(OC(C(=O)O)C(O)O)cc1)NC(=O)CCCO)OCC. The van der Waals surface area contributed by atoms with Gasteiger partial charge in [-0.15, -0.1) is 0 Å². The molecule has 0 spiro atoms. The van der Waals surface area contributed by atoms with Crippen molar-refractivity contribution >= 4 is 17.8 Å². The summed E-state index contributed by atoms with van der Waals surface area (Å²) in [5.41, 5.74) is 0.623. The van der Waals surface area contributed by atoms with E-state index in [2.05, 4.69) is 10.6 Å². The van der Waals surface area contributed by atoms with E-state index in [-0.39, 0.29) is 38.2 Å². The number of aliphatic hydroxyl groups is 3. The largest absolute Gasteiger partial charge is 0.478 e. The Hall–Kier alpha value is -2.77. The van der Waals surface area contributed by atoms with Crippen LogP contribution in [0, 0.1) is 0 Å². The van der Waals surface area contributed by atoms with Crippen LogP contribution in [0.5, 0.6) is 5.75 Å². The van der Waals surface area contributed by atoms with Gasteiger partial charge < -0.3 is 45.3 Å². The van der Waals surface area contributed by atoms with Crippen LogP contribution < -0.4 is 15.4 Å². The maximum Gasteiger partial charge on any atom is 0.350 e. The van der Waals surface area contributed by atoms with Crippen molar-refractivity contribution in [2.45, 2.75) is 57.8 Å². The quantitative estimate of drug-likeness (QED) is 0.152.